The van der Waals surface area contributed by atoms with E-state index in [1.165, 1.54) is 4.88 Å². The molecule has 0 unspecified atom stereocenters. The number of hydrazone groups is 1. The highest BCUT2D eigenvalue weighted by Gasteiger charge is 2.31. The predicted octanol–water partition coefficient (Wildman–Crippen LogP) is 3.51. The topological polar surface area (TPSA) is 32.7 Å². The summed E-state index contributed by atoms with van der Waals surface area (Å²) in [5.41, 5.74) is 2.13. The number of carbonyl (C=O) groups excluding carboxylic acids is 1. The van der Waals surface area contributed by atoms with Gasteiger partial charge in [-0.25, -0.2) is 5.01 Å². The first-order chi connectivity index (χ1) is 8.75. The fraction of sp³-hybridized carbons (Fsp3) is 0.231. The highest BCUT2D eigenvalue weighted by atomic mass is 32.1. The average Bonchev–Trinajstić information content (AvgIpc) is 3.10. The summed E-state index contributed by atoms with van der Waals surface area (Å²) in [5, 5.41) is 12.2. The highest BCUT2D eigenvalue weighted by Crippen LogP contribution is 2.35. The molecular formula is C13H12N2OS2. The van der Waals surface area contributed by atoms with Gasteiger partial charge in [-0.15, -0.1) is 11.3 Å². The van der Waals surface area contributed by atoms with Crippen molar-refractivity contribution in [2.75, 3.05) is 0 Å². The van der Waals surface area contributed by atoms with Crippen molar-refractivity contribution in [2.24, 2.45) is 5.10 Å². The number of hydrogen-bond acceptors (Lipinski definition) is 4. The molecule has 0 saturated heterocycles. The van der Waals surface area contributed by atoms with E-state index in [1.807, 2.05) is 16.8 Å². The number of carbonyl (C=O) groups is 1. The van der Waals surface area contributed by atoms with Crippen LogP contribution < -0.4 is 0 Å². The van der Waals surface area contributed by atoms with Crippen LogP contribution in [-0.2, 0) is 4.79 Å². The molecule has 3 heterocycles. The van der Waals surface area contributed by atoms with E-state index in [0.717, 1.165) is 17.7 Å². The standard InChI is InChI=1S/C13H12N2OS2/c1-9(16)15-12(13-3-2-5-18-13)7-11(14-15)10-4-6-17-8-10/h2-6,8,12H,7H2,1H3/t12-/m1/s1. The summed E-state index contributed by atoms with van der Waals surface area (Å²) >= 11 is 3.33. The fourth-order valence-corrected chi connectivity index (χ4v) is 3.58. The Hall–Kier alpha value is -1.46. The van der Waals surface area contributed by atoms with Crippen molar-refractivity contribution in [1.29, 1.82) is 0 Å². The van der Waals surface area contributed by atoms with E-state index in [4.69, 9.17) is 0 Å². The van der Waals surface area contributed by atoms with E-state index in [-0.39, 0.29) is 11.9 Å². The molecule has 1 amide bonds. The zero-order chi connectivity index (χ0) is 12.5. The number of thiophene rings is 2. The summed E-state index contributed by atoms with van der Waals surface area (Å²) in [5.74, 6) is -0.00127. The Kier molecular flexibility index (Phi) is 3.01. The van der Waals surface area contributed by atoms with Crippen molar-refractivity contribution in [1.82, 2.24) is 5.01 Å². The SMILES string of the molecule is CC(=O)N1N=C(c2ccsc2)C[C@@H]1c1cccs1. The minimum Gasteiger partial charge on any atom is -0.273 e. The van der Waals surface area contributed by atoms with Gasteiger partial charge in [0, 0.05) is 23.8 Å². The van der Waals surface area contributed by atoms with Crippen LogP contribution in [0.15, 0.2) is 39.4 Å². The Labute approximate surface area is 113 Å². The van der Waals surface area contributed by atoms with Crippen LogP contribution >= 0.6 is 22.7 Å². The maximum atomic E-state index is 11.7. The molecule has 1 aliphatic rings. The van der Waals surface area contributed by atoms with Crippen LogP contribution in [0.1, 0.15) is 29.8 Å². The molecule has 0 aromatic carbocycles. The van der Waals surface area contributed by atoms with Crippen molar-refractivity contribution in [2.45, 2.75) is 19.4 Å². The highest BCUT2D eigenvalue weighted by molar-refractivity contribution is 7.10. The monoisotopic (exact) mass is 276 g/mol. The number of rotatable bonds is 2. The van der Waals surface area contributed by atoms with Gasteiger partial charge in [-0.3, -0.25) is 4.79 Å². The Morgan fingerprint density at radius 1 is 1.44 bits per heavy atom. The molecular weight excluding hydrogens is 264 g/mol. The van der Waals surface area contributed by atoms with Gasteiger partial charge >= 0.3 is 0 Å². The van der Waals surface area contributed by atoms with Crippen molar-refractivity contribution in [3.63, 3.8) is 0 Å². The van der Waals surface area contributed by atoms with Crippen molar-refractivity contribution < 1.29 is 4.79 Å². The number of nitrogens with zero attached hydrogens (tertiary/aromatic N) is 2. The Balaban J connectivity index is 1.93. The van der Waals surface area contributed by atoms with Crippen LogP contribution in [0.4, 0.5) is 0 Å². The van der Waals surface area contributed by atoms with Crippen molar-refractivity contribution in [3.8, 4) is 0 Å². The van der Waals surface area contributed by atoms with Gasteiger partial charge in [0.15, 0.2) is 0 Å². The molecule has 0 spiro atoms. The summed E-state index contributed by atoms with van der Waals surface area (Å²) in [6.45, 7) is 1.57. The van der Waals surface area contributed by atoms with E-state index >= 15 is 0 Å². The Morgan fingerprint density at radius 2 is 2.33 bits per heavy atom. The van der Waals surface area contributed by atoms with Gasteiger partial charge in [0.05, 0.1) is 11.8 Å². The first-order valence-corrected chi connectivity index (χ1v) is 7.51. The normalized spacial score (nSPS) is 19.1. The van der Waals surface area contributed by atoms with Gasteiger partial charge in [0.2, 0.25) is 5.91 Å². The number of amides is 1. The lowest BCUT2D eigenvalue weighted by Gasteiger charge is -2.18. The molecule has 2 aromatic rings. The molecule has 1 aliphatic heterocycles. The van der Waals surface area contributed by atoms with E-state index in [0.29, 0.717) is 0 Å². The van der Waals surface area contributed by atoms with Crippen LogP contribution in [0, 0.1) is 0 Å². The second kappa shape index (κ2) is 4.66. The molecule has 18 heavy (non-hydrogen) atoms. The average molecular weight is 276 g/mol. The van der Waals surface area contributed by atoms with Crippen LogP contribution in [0.3, 0.4) is 0 Å². The van der Waals surface area contributed by atoms with E-state index in [2.05, 4.69) is 22.6 Å². The minimum absolute atomic E-state index is 0.00127. The fourth-order valence-electron chi connectivity index (χ4n) is 2.11. The predicted molar refractivity (Wildman–Crippen MR) is 75.1 cm³/mol. The lowest BCUT2D eigenvalue weighted by molar-refractivity contribution is -0.130. The smallest absolute Gasteiger partial charge is 0.240 e. The summed E-state index contributed by atoms with van der Waals surface area (Å²) in [6.07, 6.45) is 0.802. The molecule has 2 aromatic heterocycles. The third-order valence-corrected chi connectivity index (χ3v) is 4.62. The quantitative estimate of drug-likeness (QED) is 0.826. The zero-order valence-electron chi connectivity index (χ0n) is 9.87. The van der Waals surface area contributed by atoms with Crippen LogP contribution in [0.5, 0.6) is 0 Å². The third-order valence-electron chi connectivity index (χ3n) is 2.96. The largest absolute Gasteiger partial charge is 0.273 e. The lowest BCUT2D eigenvalue weighted by atomic mass is 10.1. The van der Waals surface area contributed by atoms with E-state index < -0.39 is 0 Å². The second-order valence-electron chi connectivity index (χ2n) is 4.16. The Morgan fingerprint density at radius 3 is 2.94 bits per heavy atom. The minimum atomic E-state index is -0.00127. The zero-order valence-corrected chi connectivity index (χ0v) is 11.5. The Bertz CT molecular complexity index is 572. The maximum absolute atomic E-state index is 11.7. The van der Waals surface area contributed by atoms with E-state index in [9.17, 15) is 4.79 Å². The molecule has 0 saturated carbocycles. The van der Waals surface area contributed by atoms with Crippen LogP contribution in [-0.4, -0.2) is 16.6 Å². The summed E-state index contributed by atoms with van der Waals surface area (Å²) in [6, 6.07) is 6.20. The van der Waals surface area contributed by atoms with E-state index in [1.54, 1.807) is 34.6 Å². The maximum Gasteiger partial charge on any atom is 0.240 e. The summed E-state index contributed by atoms with van der Waals surface area (Å²) in [4.78, 5) is 12.9. The molecule has 0 N–H and O–H groups in total. The van der Waals surface area contributed by atoms with Gasteiger partial charge in [-0.1, -0.05) is 6.07 Å². The molecule has 92 valence electrons. The molecule has 1 atom stereocenters. The third kappa shape index (κ3) is 2.00. The van der Waals surface area contributed by atoms with Crippen LogP contribution in [0.2, 0.25) is 0 Å². The van der Waals surface area contributed by atoms with Gasteiger partial charge in [0.1, 0.15) is 0 Å². The van der Waals surface area contributed by atoms with Gasteiger partial charge < -0.3 is 0 Å². The lowest BCUT2D eigenvalue weighted by Crippen LogP contribution is -2.23. The van der Waals surface area contributed by atoms with Crippen molar-refractivity contribution in [3.05, 3.63) is 44.8 Å². The van der Waals surface area contributed by atoms with Gasteiger partial charge in [-0.05, 0) is 28.3 Å². The molecule has 3 nitrogen and oxygen atoms in total. The summed E-state index contributed by atoms with van der Waals surface area (Å²) in [7, 11) is 0. The molecule has 0 radical (unpaired) electrons. The first kappa shape index (κ1) is 11.6. The molecule has 0 aliphatic carbocycles. The summed E-state index contributed by atoms with van der Waals surface area (Å²) < 4.78 is 0. The first-order valence-electron chi connectivity index (χ1n) is 5.69. The molecule has 3 rings (SSSR count). The van der Waals surface area contributed by atoms with Gasteiger partial charge in [-0.2, -0.15) is 16.4 Å². The van der Waals surface area contributed by atoms with Crippen LogP contribution in [0.25, 0.3) is 0 Å². The molecule has 0 bridgehead atoms. The molecule has 5 heteroatoms. The van der Waals surface area contributed by atoms with Gasteiger partial charge in [0.25, 0.3) is 0 Å². The van der Waals surface area contributed by atoms with Crippen molar-refractivity contribution >= 4 is 34.3 Å². The second-order valence-corrected chi connectivity index (χ2v) is 5.92. The molecule has 0 fully saturated rings. The number of hydrogen-bond donors (Lipinski definition) is 0.